The van der Waals surface area contributed by atoms with Crippen LogP contribution in [0.25, 0.3) is 22.3 Å². The van der Waals surface area contributed by atoms with E-state index in [0.717, 1.165) is 20.4 Å². The number of halogens is 2. The molecule has 0 radical (unpaired) electrons. The number of furan rings is 1. The molecule has 0 saturated carbocycles. The van der Waals surface area contributed by atoms with E-state index in [0.29, 0.717) is 17.7 Å². The Hall–Kier alpha value is -2.55. The molecule has 0 unspecified atom stereocenters. The highest BCUT2D eigenvalue weighted by Gasteiger charge is 2.20. The van der Waals surface area contributed by atoms with E-state index in [1.54, 1.807) is 25.4 Å². The number of aromatic nitrogens is 2. The van der Waals surface area contributed by atoms with Gasteiger partial charge < -0.3 is 13.9 Å². The van der Waals surface area contributed by atoms with Crippen LogP contribution in [-0.4, -0.2) is 24.0 Å². The molecule has 0 fully saturated rings. The minimum Gasteiger partial charge on any atom is -0.497 e. The van der Waals surface area contributed by atoms with Crippen LogP contribution in [0.3, 0.4) is 0 Å². The lowest BCUT2D eigenvalue weighted by Gasteiger charge is -2.03. The summed E-state index contributed by atoms with van der Waals surface area (Å²) in [5.74, 6) is 1.08. The molecule has 0 N–H and O–H groups in total. The monoisotopic (exact) mass is 478 g/mol. The summed E-state index contributed by atoms with van der Waals surface area (Å²) < 4.78 is 33.2. The summed E-state index contributed by atoms with van der Waals surface area (Å²) in [5, 5.41) is 5.12. The van der Waals surface area contributed by atoms with Crippen LogP contribution in [0.5, 0.6) is 11.5 Å². The SMILES string of the molecule is COc1ccc(Cn2cc(-c3oc4c(F)c(OC)ccc4c3I)cn2)cc1. The van der Waals surface area contributed by atoms with Crippen molar-refractivity contribution in [1.82, 2.24) is 9.78 Å². The second kappa shape index (κ2) is 7.22. The van der Waals surface area contributed by atoms with E-state index in [4.69, 9.17) is 13.9 Å². The molecule has 4 rings (SSSR count). The van der Waals surface area contributed by atoms with Crippen molar-refractivity contribution < 1.29 is 18.3 Å². The van der Waals surface area contributed by atoms with Gasteiger partial charge in [0.05, 0.1) is 36.1 Å². The van der Waals surface area contributed by atoms with Gasteiger partial charge in [-0.05, 0) is 52.4 Å². The van der Waals surface area contributed by atoms with E-state index < -0.39 is 5.82 Å². The standard InChI is InChI=1S/C20H16FIN2O3/c1-25-14-5-3-12(4-6-14)10-24-11-13(9-23-24)19-18(22)15-7-8-16(26-2)17(21)20(15)27-19/h3-9,11H,10H2,1-2H3. The van der Waals surface area contributed by atoms with Crippen LogP contribution in [0.1, 0.15) is 5.56 Å². The predicted molar refractivity (Wildman–Crippen MR) is 109 cm³/mol. The molecule has 7 heteroatoms. The number of rotatable bonds is 5. The zero-order chi connectivity index (χ0) is 19.0. The van der Waals surface area contributed by atoms with Crippen LogP contribution in [0.4, 0.5) is 4.39 Å². The molecule has 5 nitrogen and oxygen atoms in total. The van der Waals surface area contributed by atoms with E-state index in [9.17, 15) is 4.39 Å². The molecule has 138 valence electrons. The predicted octanol–water partition coefficient (Wildman–Crippen LogP) is 5.11. The van der Waals surface area contributed by atoms with E-state index in [1.807, 2.05) is 35.1 Å². The zero-order valence-electron chi connectivity index (χ0n) is 14.7. The highest BCUT2D eigenvalue weighted by Crippen LogP contribution is 2.38. The normalized spacial score (nSPS) is 11.1. The first-order chi connectivity index (χ1) is 13.1. The van der Waals surface area contributed by atoms with Gasteiger partial charge in [-0.25, -0.2) is 0 Å². The van der Waals surface area contributed by atoms with Crippen LogP contribution in [-0.2, 0) is 6.54 Å². The van der Waals surface area contributed by atoms with Gasteiger partial charge in [0, 0.05) is 11.6 Å². The van der Waals surface area contributed by atoms with Crippen molar-refractivity contribution in [1.29, 1.82) is 0 Å². The molecule has 2 heterocycles. The van der Waals surface area contributed by atoms with Crippen molar-refractivity contribution in [2.75, 3.05) is 14.2 Å². The lowest BCUT2D eigenvalue weighted by Crippen LogP contribution is -1.99. The largest absolute Gasteiger partial charge is 0.497 e. The molecule has 0 amide bonds. The van der Waals surface area contributed by atoms with Gasteiger partial charge in [-0.1, -0.05) is 12.1 Å². The molecule has 27 heavy (non-hydrogen) atoms. The Bertz CT molecular complexity index is 1100. The number of hydrogen-bond acceptors (Lipinski definition) is 4. The zero-order valence-corrected chi connectivity index (χ0v) is 16.9. The summed E-state index contributed by atoms with van der Waals surface area (Å²) in [6.07, 6.45) is 3.61. The molecule has 0 spiro atoms. The molecule has 2 aromatic heterocycles. The molecule has 0 bridgehead atoms. The van der Waals surface area contributed by atoms with Gasteiger partial charge in [-0.15, -0.1) is 0 Å². The first-order valence-electron chi connectivity index (χ1n) is 8.21. The summed E-state index contributed by atoms with van der Waals surface area (Å²) in [6, 6.07) is 11.2. The number of ether oxygens (including phenoxy) is 2. The maximum Gasteiger partial charge on any atom is 0.208 e. The fourth-order valence-electron chi connectivity index (χ4n) is 2.91. The average molecular weight is 478 g/mol. The number of hydrogen-bond donors (Lipinski definition) is 0. The van der Waals surface area contributed by atoms with Gasteiger partial charge in [-0.3, -0.25) is 4.68 Å². The number of fused-ring (bicyclic) bond motifs is 1. The maximum atomic E-state index is 14.5. The summed E-state index contributed by atoms with van der Waals surface area (Å²) >= 11 is 2.17. The smallest absolute Gasteiger partial charge is 0.208 e. The molecule has 0 saturated heterocycles. The third kappa shape index (κ3) is 3.27. The third-order valence-corrected chi connectivity index (χ3v) is 5.39. The Kier molecular flexibility index (Phi) is 4.77. The summed E-state index contributed by atoms with van der Waals surface area (Å²) in [7, 11) is 3.07. The number of nitrogens with zero attached hydrogens (tertiary/aromatic N) is 2. The van der Waals surface area contributed by atoms with E-state index in [1.165, 1.54) is 7.11 Å². The molecule has 0 aliphatic carbocycles. The maximum absolute atomic E-state index is 14.5. The lowest BCUT2D eigenvalue weighted by atomic mass is 10.2. The fourth-order valence-corrected chi connectivity index (χ4v) is 3.75. The first kappa shape index (κ1) is 17.8. The van der Waals surface area contributed by atoms with Crippen LogP contribution < -0.4 is 9.47 Å². The molecular formula is C20H16FIN2O3. The van der Waals surface area contributed by atoms with Crippen molar-refractivity contribution in [3.8, 4) is 22.8 Å². The number of methoxy groups -OCH3 is 2. The van der Waals surface area contributed by atoms with E-state index in [-0.39, 0.29) is 11.3 Å². The quantitative estimate of drug-likeness (QED) is 0.375. The van der Waals surface area contributed by atoms with E-state index >= 15 is 0 Å². The summed E-state index contributed by atoms with van der Waals surface area (Å²) in [5.41, 5.74) is 2.08. The Morgan fingerprint density at radius 2 is 1.89 bits per heavy atom. The van der Waals surface area contributed by atoms with Gasteiger partial charge in [0.1, 0.15) is 5.75 Å². The molecule has 0 atom stereocenters. The molecule has 4 aromatic rings. The fraction of sp³-hybridized carbons (Fsp3) is 0.150. The van der Waals surface area contributed by atoms with Crippen molar-refractivity contribution in [2.24, 2.45) is 0 Å². The first-order valence-corrected chi connectivity index (χ1v) is 9.29. The Morgan fingerprint density at radius 1 is 1.11 bits per heavy atom. The van der Waals surface area contributed by atoms with Crippen molar-refractivity contribution in [3.05, 3.63) is 63.7 Å². The molecular weight excluding hydrogens is 462 g/mol. The van der Waals surface area contributed by atoms with Gasteiger partial charge in [0.2, 0.25) is 5.82 Å². The van der Waals surface area contributed by atoms with Crippen molar-refractivity contribution >= 4 is 33.6 Å². The average Bonchev–Trinajstić information content (AvgIpc) is 3.28. The van der Waals surface area contributed by atoms with Gasteiger partial charge in [-0.2, -0.15) is 9.49 Å². The highest BCUT2D eigenvalue weighted by atomic mass is 127. The van der Waals surface area contributed by atoms with Gasteiger partial charge in [0.25, 0.3) is 0 Å². The Morgan fingerprint density at radius 3 is 2.59 bits per heavy atom. The highest BCUT2D eigenvalue weighted by molar-refractivity contribution is 14.1. The minimum absolute atomic E-state index is 0.161. The summed E-state index contributed by atoms with van der Waals surface area (Å²) in [4.78, 5) is 0. The number of benzene rings is 2. The van der Waals surface area contributed by atoms with Crippen LogP contribution >= 0.6 is 22.6 Å². The van der Waals surface area contributed by atoms with Gasteiger partial charge in [0.15, 0.2) is 17.1 Å². The third-order valence-electron chi connectivity index (χ3n) is 4.32. The lowest BCUT2D eigenvalue weighted by molar-refractivity contribution is 0.385. The Balaban J connectivity index is 1.66. The second-order valence-corrected chi connectivity index (χ2v) is 7.06. The van der Waals surface area contributed by atoms with Crippen LogP contribution in [0.15, 0.2) is 53.2 Å². The molecule has 0 aliphatic heterocycles. The van der Waals surface area contributed by atoms with Crippen LogP contribution in [0.2, 0.25) is 0 Å². The van der Waals surface area contributed by atoms with Crippen LogP contribution in [0, 0.1) is 9.39 Å². The van der Waals surface area contributed by atoms with E-state index in [2.05, 4.69) is 27.7 Å². The topological polar surface area (TPSA) is 49.4 Å². The second-order valence-electron chi connectivity index (χ2n) is 5.98. The summed E-state index contributed by atoms with van der Waals surface area (Å²) in [6.45, 7) is 0.614. The van der Waals surface area contributed by atoms with Crippen molar-refractivity contribution in [2.45, 2.75) is 6.54 Å². The minimum atomic E-state index is -0.496. The van der Waals surface area contributed by atoms with Gasteiger partial charge >= 0.3 is 0 Å². The van der Waals surface area contributed by atoms with Crippen molar-refractivity contribution in [3.63, 3.8) is 0 Å². The Labute approximate surface area is 168 Å². The molecule has 2 aromatic carbocycles. The molecule has 0 aliphatic rings.